The summed E-state index contributed by atoms with van der Waals surface area (Å²) in [5.74, 6) is -0.550. The predicted octanol–water partition coefficient (Wildman–Crippen LogP) is 4.95. The number of benzene rings is 2. The number of halogens is 1. The third-order valence-electron chi connectivity index (χ3n) is 4.79. The molecule has 162 valence electrons. The zero-order valence-electron chi connectivity index (χ0n) is 18.7. The van der Waals surface area contributed by atoms with E-state index in [1.54, 1.807) is 20.8 Å². The summed E-state index contributed by atoms with van der Waals surface area (Å²) in [6, 6.07) is 20.4. The molecule has 30 heavy (non-hydrogen) atoms. The molecule has 0 bridgehead atoms. The van der Waals surface area contributed by atoms with E-state index in [4.69, 9.17) is 4.43 Å². The van der Waals surface area contributed by atoms with Crippen molar-refractivity contribution in [3.63, 3.8) is 0 Å². The number of rotatable bonds is 7. The van der Waals surface area contributed by atoms with Gasteiger partial charge < -0.3 is 8.98 Å². The summed E-state index contributed by atoms with van der Waals surface area (Å²) in [5, 5.41) is 2.10. The highest BCUT2D eigenvalue weighted by Gasteiger charge is 2.49. The average molecular weight is 446 g/mol. The van der Waals surface area contributed by atoms with Crippen LogP contribution in [0.4, 0.5) is 4.39 Å². The fraction of sp³-hybridized carbons (Fsp3) is 0.375. The molecular formula is C24H32FNO2SSi. The van der Waals surface area contributed by atoms with E-state index in [2.05, 4.69) is 49.4 Å². The van der Waals surface area contributed by atoms with E-state index in [1.165, 1.54) is 6.08 Å². The van der Waals surface area contributed by atoms with Crippen molar-refractivity contribution in [2.24, 2.45) is 4.40 Å². The lowest BCUT2D eigenvalue weighted by molar-refractivity contribution is 0.337. The number of hydrogen-bond donors (Lipinski definition) is 0. The molecule has 0 aromatic heterocycles. The molecule has 0 heterocycles. The van der Waals surface area contributed by atoms with Gasteiger partial charge in [-0.2, -0.15) is 0 Å². The van der Waals surface area contributed by atoms with Crippen LogP contribution in [0.15, 0.2) is 77.0 Å². The van der Waals surface area contributed by atoms with E-state index in [1.807, 2.05) is 36.4 Å². The normalized spacial score (nSPS) is 14.9. The van der Waals surface area contributed by atoms with Crippen LogP contribution in [0.1, 0.15) is 41.5 Å². The molecule has 0 spiro atoms. The molecule has 2 aromatic rings. The van der Waals surface area contributed by atoms with Gasteiger partial charge in [-0.05, 0) is 42.3 Å². The average Bonchev–Trinajstić information content (AvgIpc) is 2.69. The van der Waals surface area contributed by atoms with Crippen molar-refractivity contribution in [1.29, 1.82) is 0 Å². The van der Waals surface area contributed by atoms with Crippen LogP contribution in [-0.4, -0.2) is 30.4 Å². The smallest absolute Gasteiger partial charge is 0.261 e. The Hall–Kier alpha value is -1.73. The Balaban J connectivity index is 2.37. The molecule has 0 aliphatic carbocycles. The topological polar surface area (TPSA) is 44.7 Å². The third-order valence-corrected chi connectivity index (χ3v) is 11.1. The molecule has 0 saturated heterocycles. The molecule has 0 radical (unpaired) electrons. The molecule has 3 nitrogen and oxygen atoms in total. The molecular weight excluding hydrogens is 413 g/mol. The van der Waals surface area contributed by atoms with Crippen molar-refractivity contribution in [3.05, 3.63) is 72.6 Å². The lowest BCUT2D eigenvalue weighted by Gasteiger charge is -2.42. The van der Waals surface area contributed by atoms with Gasteiger partial charge in [0.1, 0.15) is 28.2 Å². The van der Waals surface area contributed by atoms with Crippen LogP contribution < -0.4 is 10.4 Å². The minimum atomic E-state index is -2.71. The van der Waals surface area contributed by atoms with E-state index in [9.17, 15) is 8.94 Å². The SMILES string of the molecule is CC(C)(C)[S@@+]([O-])N=C/C(F)=C/CO[Si](c1ccccc1)(c1ccccc1)C(C)(C)C. The van der Waals surface area contributed by atoms with Gasteiger partial charge in [0.2, 0.25) is 0 Å². The van der Waals surface area contributed by atoms with Crippen molar-refractivity contribution in [2.45, 2.75) is 51.3 Å². The number of nitrogens with zero attached hydrogens (tertiary/aromatic N) is 1. The summed E-state index contributed by atoms with van der Waals surface area (Å²) < 4.78 is 36.2. The maximum Gasteiger partial charge on any atom is 0.261 e. The fourth-order valence-electron chi connectivity index (χ4n) is 3.32. The number of hydrogen-bond acceptors (Lipinski definition) is 3. The van der Waals surface area contributed by atoms with E-state index >= 15 is 0 Å². The van der Waals surface area contributed by atoms with Crippen LogP contribution in [0.5, 0.6) is 0 Å². The highest BCUT2D eigenvalue weighted by Crippen LogP contribution is 2.36. The monoisotopic (exact) mass is 445 g/mol. The first-order valence-electron chi connectivity index (χ1n) is 10.1. The Morgan fingerprint density at radius 2 is 1.43 bits per heavy atom. The second-order valence-corrected chi connectivity index (χ2v) is 15.4. The summed E-state index contributed by atoms with van der Waals surface area (Å²) in [5.41, 5.74) is 0. The highest BCUT2D eigenvalue weighted by molar-refractivity contribution is 7.91. The standard InChI is InChI=1S/C24H32FNO2SSi/c1-23(2,3)29(27)26-19-20(25)17-18-28-30(24(4,5)6,21-13-9-7-10-14-21)22-15-11-8-12-16-22/h7-17,19H,18H2,1-6H3/b20-17-,26-19?/t29-/m1/s1. The van der Waals surface area contributed by atoms with Gasteiger partial charge in [-0.15, -0.1) is 0 Å². The molecule has 2 aromatic carbocycles. The Morgan fingerprint density at radius 1 is 0.967 bits per heavy atom. The molecule has 6 heteroatoms. The molecule has 0 aliphatic heterocycles. The molecule has 2 rings (SSSR count). The number of allylic oxidation sites excluding steroid dienone is 1. The zero-order chi connectivity index (χ0) is 22.4. The summed E-state index contributed by atoms with van der Waals surface area (Å²) in [6.07, 6.45) is 2.39. The highest BCUT2D eigenvalue weighted by atomic mass is 32.2. The van der Waals surface area contributed by atoms with Gasteiger partial charge in [0.25, 0.3) is 8.32 Å². The second kappa shape index (κ2) is 10.0. The van der Waals surface area contributed by atoms with Crippen LogP contribution in [-0.2, 0) is 15.8 Å². The molecule has 0 fully saturated rings. The van der Waals surface area contributed by atoms with Gasteiger partial charge in [-0.3, -0.25) is 0 Å². The van der Waals surface area contributed by atoms with Gasteiger partial charge in [-0.1, -0.05) is 85.8 Å². The van der Waals surface area contributed by atoms with Gasteiger partial charge >= 0.3 is 0 Å². The van der Waals surface area contributed by atoms with Crippen LogP contribution in [0.3, 0.4) is 0 Å². The van der Waals surface area contributed by atoms with E-state index in [0.717, 1.165) is 16.6 Å². The zero-order valence-corrected chi connectivity index (χ0v) is 20.5. The summed E-state index contributed by atoms with van der Waals surface area (Å²) >= 11 is -1.50. The van der Waals surface area contributed by atoms with Gasteiger partial charge in [0.15, 0.2) is 0 Å². The van der Waals surface area contributed by atoms with Crippen LogP contribution in [0.2, 0.25) is 5.04 Å². The van der Waals surface area contributed by atoms with Crippen molar-refractivity contribution < 1.29 is 13.4 Å². The van der Waals surface area contributed by atoms with E-state index in [0.29, 0.717) is 0 Å². The largest absolute Gasteiger partial charge is 0.591 e. The summed E-state index contributed by atoms with van der Waals surface area (Å²) in [6.45, 7) is 12.0. The first-order chi connectivity index (χ1) is 14.0. The van der Waals surface area contributed by atoms with Gasteiger partial charge in [0, 0.05) is 0 Å². The predicted molar refractivity (Wildman–Crippen MR) is 129 cm³/mol. The van der Waals surface area contributed by atoms with E-state index in [-0.39, 0.29) is 11.6 Å². The fourth-order valence-corrected chi connectivity index (χ4v) is 8.32. The summed E-state index contributed by atoms with van der Waals surface area (Å²) in [7, 11) is -2.71. The maximum absolute atomic E-state index is 14.3. The van der Waals surface area contributed by atoms with Crippen LogP contribution in [0.25, 0.3) is 0 Å². The second-order valence-electron chi connectivity index (χ2n) is 9.16. The minimum absolute atomic E-state index is 0.104. The maximum atomic E-state index is 14.3. The Labute approximate surface area is 184 Å². The molecule has 1 atom stereocenters. The Kier molecular flexibility index (Phi) is 8.22. The molecule has 0 saturated carbocycles. The molecule has 0 aliphatic rings. The van der Waals surface area contributed by atoms with Crippen molar-refractivity contribution in [1.82, 2.24) is 0 Å². The van der Waals surface area contributed by atoms with Crippen LogP contribution >= 0.6 is 0 Å². The minimum Gasteiger partial charge on any atom is -0.591 e. The lowest BCUT2D eigenvalue weighted by Crippen LogP contribution is -2.66. The van der Waals surface area contributed by atoms with Crippen molar-refractivity contribution in [2.75, 3.05) is 6.61 Å². The van der Waals surface area contributed by atoms with Gasteiger partial charge in [0.05, 0.1) is 6.61 Å². The molecule has 0 unspecified atom stereocenters. The van der Waals surface area contributed by atoms with Gasteiger partial charge in [-0.25, -0.2) is 4.39 Å². The molecule has 0 amide bonds. The first-order valence-corrected chi connectivity index (χ1v) is 13.1. The Morgan fingerprint density at radius 3 is 1.83 bits per heavy atom. The first kappa shape index (κ1) is 24.5. The van der Waals surface area contributed by atoms with Crippen LogP contribution in [0, 0.1) is 0 Å². The lowest BCUT2D eigenvalue weighted by atomic mass is 10.2. The van der Waals surface area contributed by atoms with Crippen molar-refractivity contribution in [3.8, 4) is 0 Å². The molecule has 0 N–H and O–H groups in total. The quantitative estimate of drug-likeness (QED) is 0.344. The Bertz CT molecular complexity index is 819. The van der Waals surface area contributed by atoms with E-state index < -0.39 is 30.3 Å². The van der Waals surface area contributed by atoms with Crippen molar-refractivity contribution >= 4 is 36.3 Å². The third kappa shape index (κ3) is 5.91. The summed E-state index contributed by atoms with van der Waals surface area (Å²) in [4.78, 5) is 0.